The van der Waals surface area contributed by atoms with Crippen LogP contribution in [0, 0.1) is 0 Å². The highest BCUT2D eigenvalue weighted by Gasteiger charge is 2.45. The Labute approximate surface area is 171 Å². The van der Waals surface area contributed by atoms with Crippen LogP contribution in [0.1, 0.15) is 30.9 Å². The first kappa shape index (κ1) is 21.7. The molecule has 0 radical (unpaired) electrons. The van der Waals surface area contributed by atoms with Crippen molar-refractivity contribution in [3.63, 3.8) is 0 Å². The summed E-state index contributed by atoms with van der Waals surface area (Å²) in [6, 6.07) is 14.3. The Bertz CT molecular complexity index is 923. The summed E-state index contributed by atoms with van der Waals surface area (Å²) in [6.45, 7) is 2.59. The molecule has 29 heavy (non-hydrogen) atoms. The molecule has 3 rings (SSSR count). The second-order valence-corrected chi connectivity index (χ2v) is 9.26. The van der Waals surface area contributed by atoms with E-state index in [1.54, 1.807) is 6.92 Å². The molecule has 1 aliphatic rings. The molecule has 2 aromatic rings. The van der Waals surface area contributed by atoms with E-state index in [9.17, 15) is 28.3 Å². The first-order valence-electron chi connectivity index (χ1n) is 9.52. The predicted octanol–water partition coefficient (Wildman–Crippen LogP) is 1.84. The van der Waals surface area contributed by atoms with Gasteiger partial charge in [0.1, 0.15) is 17.1 Å². The molecule has 4 N–H and O–H groups in total. The maximum Gasteiger partial charge on any atom is 0.268 e. The van der Waals surface area contributed by atoms with Gasteiger partial charge in [-0.15, -0.1) is 0 Å². The van der Waals surface area contributed by atoms with Crippen molar-refractivity contribution >= 4 is 10.1 Å². The van der Waals surface area contributed by atoms with Crippen LogP contribution in [0.25, 0.3) is 0 Å². The van der Waals surface area contributed by atoms with Crippen LogP contribution in [0.3, 0.4) is 0 Å². The van der Waals surface area contributed by atoms with Gasteiger partial charge in [0.2, 0.25) is 0 Å². The number of phenols is 1. The summed E-state index contributed by atoms with van der Waals surface area (Å²) in [6.07, 6.45) is 0.859. The van der Waals surface area contributed by atoms with Crippen LogP contribution in [-0.2, 0) is 21.3 Å². The smallest absolute Gasteiger partial charge is 0.268 e. The first-order chi connectivity index (χ1) is 13.5. The van der Waals surface area contributed by atoms with Crippen molar-refractivity contribution in [3.05, 3.63) is 65.7 Å². The molecule has 158 valence electrons. The van der Waals surface area contributed by atoms with Crippen molar-refractivity contribution in [1.29, 1.82) is 0 Å². The van der Waals surface area contributed by atoms with Gasteiger partial charge in [-0.1, -0.05) is 42.5 Å². The number of aromatic hydroxyl groups is 1. The summed E-state index contributed by atoms with van der Waals surface area (Å²) >= 11 is 0. The van der Waals surface area contributed by atoms with E-state index in [2.05, 4.69) is 0 Å². The zero-order valence-corrected chi connectivity index (χ0v) is 17.1. The highest BCUT2D eigenvalue weighted by Crippen LogP contribution is 2.37. The summed E-state index contributed by atoms with van der Waals surface area (Å²) in [7, 11) is -4.48. The minimum atomic E-state index is -4.48. The standard InChI is InChI=1S/C21H27NO6S/c1-16(21(25,15-29(26,27)28)18-7-9-19(23)10-8-18)22-13-11-20(24,12-14-22)17-5-3-2-4-6-17/h2-10,16,23-25H,11-15H2,1H3,(H,26,27,28)/t16-,21-/m0/s1. The topological polar surface area (TPSA) is 118 Å². The van der Waals surface area contributed by atoms with Gasteiger partial charge < -0.3 is 15.3 Å². The van der Waals surface area contributed by atoms with Crippen molar-refractivity contribution in [2.24, 2.45) is 0 Å². The molecule has 0 amide bonds. The zero-order valence-electron chi connectivity index (χ0n) is 16.3. The molecule has 8 heteroatoms. The fraction of sp³-hybridized carbons (Fsp3) is 0.429. The quantitative estimate of drug-likeness (QED) is 0.526. The first-order valence-corrected chi connectivity index (χ1v) is 11.1. The van der Waals surface area contributed by atoms with Gasteiger partial charge in [0, 0.05) is 19.1 Å². The molecule has 0 spiro atoms. The maximum absolute atomic E-state index is 11.7. The third-order valence-corrected chi connectivity index (χ3v) is 6.75. The van der Waals surface area contributed by atoms with E-state index in [4.69, 9.17) is 0 Å². The SMILES string of the molecule is C[C@H](N1CCC(O)(c2ccccc2)CC1)[C@@](O)(CS(=O)(=O)O)c1ccc(O)cc1. The Balaban J connectivity index is 1.84. The van der Waals surface area contributed by atoms with Crippen LogP contribution in [-0.4, -0.2) is 58.1 Å². The van der Waals surface area contributed by atoms with Gasteiger partial charge in [-0.25, -0.2) is 0 Å². The number of benzene rings is 2. The maximum atomic E-state index is 11.7. The largest absolute Gasteiger partial charge is 0.508 e. The van der Waals surface area contributed by atoms with Gasteiger partial charge in [-0.2, -0.15) is 8.42 Å². The Morgan fingerprint density at radius 3 is 2.14 bits per heavy atom. The highest BCUT2D eigenvalue weighted by atomic mass is 32.2. The van der Waals surface area contributed by atoms with Gasteiger partial charge in [0.15, 0.2) is 0 Å². The van der Waals surface area contributed by atoms with Crippen molar-refractivity contribution in [2.45, 2.75) is 37.0 Å². The lowest BCUT2D eigenvalue weighted by atomic mass is 9.82. The van der Waals surface area contributed by atoms with E-state index in [1.807, 2.05) is 35.2 Å². The second kappa shape index (κ2) is 8.04. The van der Waals surface area contributed by atoms with Crippen molar-refractivity contribution < 1.29 is 28.3 Å². The molecule has 0 bridgehead atoms. The summed E-state index contributed by atoms with van der Waals surface area (Å²) in [4.78, 5) is 1.91. The highest BCUT2D eigenvalue weighted by molar-refractivity contribution is 7.85. The van der Waals surface area contributed by atoms with E-state index >= 15 is 0 Å². The average molecular weight is 422 g/mol. The minimum absolute atomic E-state index is 0.0125. The molecule has 1 fully saturated rings. The molecule has 0 aliphatic carbocycles. The van der Waals surface area contributed by atoms with E-state index in [0.29, 0.717) is 25.9 Å². The monoisotopic (exact) mass is 421 g/mol. The molecule has 2 atom stereocenters. The average Bonchev–Trinajstić information content (AvgIpc) is 2.68. The molecule has 0 aromatic heterocycles. The fourth-order valence-corrected chi connectivity index (χ4v) is 5.06. The molecule has 1 aliphatic heterocycles. The molecular formula is C21H27NO6S. The van der Waals surface area contributed by atoms with Crippen LogP contribution in [0.15, 0.2) is 54.6 Å². The zero-order chi connectivity index (χ0) is 21.3. The van der Waals surface area contributed by atoms with Crippen LogP contribution in [0.5, 0.6) is 5.75 Å². The third-order valence-electron chi connectivity index (χ3n) is 5.94. The Hall–Kier alpha value is -1.97. The Morgan fingerprint density at radius 2 is 1.62 bits per heavy atom. The van der Waals surface area contributed by atoms with Gasteiger partial charge in [-0.05, 0) is 43.0 Å². The van der Waals surface area contributed by atoms with E-state index in [0.717, 1.165) is 5.56 Å². The van der Waals surface area contributed by atoms with Crippen LogP contribution in [0.4, 0.5) is 0 Å². The number of piperidine rings is 1. The van der Waals surface area contributed by atoms with Gasteiger partial charge in [-0.3, -0.25) is 9.45 Å². The summed E-state index contributed by atoms with van der Waals surface area (Å²) in [5.74, 6) is -0.882. The third kappa shape index (κ3) is 4.79. The summed E-state index contributed by atoms with van der Waals surface area (Å²) < 4.78 is 32.8. The number of nitrogens with zero attached hydrogens (tertiary/aromatic N) is 1. The van der Waals surface area contributed by atoms with Gasteiger partial charge in [0.05, 0.1) is 5.60 Å². The predicted molar refractivity (Wildman–Crippen MR) is 109 cm³/mol. The molecule has 7 nitrogen and oxygen atoms in total. The fourth-order valence-electron chi connectivity index (χ4n) is 4.09. The number of likely N-dealkylation sites (tertiary alicyclic amines) is 1. The van der Waals surface area contributed by atoms with Crippen molar-refractivity contribution in [3.8, 4) is 5.75 Å². The number of hydrogen-bond donors (Lipinski definition) is 4. The lowest BCUT2D eigenvalue weighted by Gasteiger charge is -2.46. The summed E-state index contributed by atoms with van der Waals surface area (Å²) in [5, 5.41) is 31.9. The number of hydrogen-bond acceptors (Lipinski definition) is 6. The normalized spacial score (nSPS) is 20.7. The molecular weight excluding hydrogens is 394 g/mol. The van der Waals surface area contributed by atoms with E-state index < -0.39 is 33.1 Å². The minimum Gasteiger partial charge on any atom is -0.508 e. The Morgan fingerprint density at radius 1 is 1.07 bits per heavy atom. The molecule has 1 saturated heterocycles. The molecule has 2 aromatic carbocycles. The van der Waals surface area contributed by atoms with E-state index in [-0.39, 0.29) is 11.3 Å². The molecule has 0 unspecified atom stereocenters. The number of rotatable bonds is 6. The van der Waals surface area contributed by atoms with Crippen LogP contribution >= 0.6 is 0 Å². The van der Waals surface area contributed by atoms with Crippen LogP contribution in [0.2, 0.25) is 0 Å². The van der Waals surface area contributed by atoms with E-state index in [1.165, 1.54) is 24.3 Å². The molecule has 1 heterocycles. The Kier molecular flexibility index (Phi) is 6.03. The van der Waals surface area contributed by atoms with Crippen molar-refractivity contribution in [2.75, 3.05) is 18.8 Å². The second-order valence-electron chi connectivity index (χ2n) is 7.81. The lowest BCUT2D eigenvalue weighted by Crippen LogP contribution is -2.56. The number of aliphatic hydroxyl groups is 2. The van der Waals surface area contributed by atoms with Crippen LogP contribution < -0.4 is 0 Å². The molecule has 0 saturated carbocycles. The van der Waals surface area contributed by atoms with Crippen molar-refractivity contribution in [1.82, 2.24) is 4.90 Å². The summed E-state index contributed by atoms with van der Waals surface area (Å²) in [5.41, 5.74) is -1.75. The lowest BCUT2D eigenvalue weighted by molar-refractivity contribution is -0.0779. The number of phenolic OH excluding ortho intramolecular Hbond substituents is 1. The van der Waals surface area contributed by atoms with Gasteiger partial charge in [0.25, 0.3) is 10.1 Å². The van der Waals surface area contributed by atoms with Gasteiger partial charge >= 0.3 is 0 Å².